The Morgan fingerprint density at radius 1 is 0.971 bits per heavy atom. The highest BCUT2D eigenvalue weighted by Crippen LogP contribution is 2.29. The first-order valence-corrected chi connectivity index (χ1v) is 12.4. The SMILES string of the molecule is COc1ccc(C(=O)N[C@H]2CC[C@H](CCN3CCC(Oc4c(F)cc(F)cc4F)CC3)CC2)cc1. The van der Waals surface area contributed by atoms with Gasteiger partial charge in [0, 0.05) is 36.8 Å². The molecule has 0 aromatic heterocycles. The number of halogens is 3. The Morgan fingerprint density at radius 2 is 1.60 bits per heavy atom. The Morgan fingerprint density at radius 3 is 2.20 bits per heavy atom. The van der Waals surface area contributed by atoms with Gasteiger partial charge in [-0.2, -0.15) is 0 Å². The molecule has 1 amide bonds. The number of methoxy groups -OCH3 is 1. The average molecular weight is 491 g/mol. The lowest BCUT2D eigenvalue weighted by atomic mass is 9.84. The number of carbonyl (C=O) groups is 1. The topological polar surface area (TPSA) is 50.8 Å². The molecule has 2 aromatic rings. The van der Waals surface area contributed by atoms with Crippen LogP contribution in [0.25, 0.3) is 0 Å². The molecule has 0 spiro atoms. The van der Waals surface area contributed by atoms with Crippen molar-refractivity contribution in [2.24, 2.45) is 5.92 Å². The predicted octanol–water partition coefficient (Wildman–Crippen LogP) is 5.33. The standard InChI is InChI=1S/C27H33F3N2O3/c1-34-22-8-4-19(5-9-22)27(33)31-21-6-2-18(3-7-21)10-13-32-14-11-23(12-15-32)35-26-24(29)16-20(28)17-25(26)30/h4-5,8-9,16-18,21,23H,2-3,6-7,10-15H2,1H3,(H,31,33)/t18-,21-. The molecule has 2 fully saturated rings. The molecule has 4 rings (SSSR count). The van der Waals surface area contributed by atoms with E-state index in [1.54, 1.807) is 31.4 Å². The van der Waals surface area contributed by atoms with Crippen molar-refractivity contribution < 1.29 is 27.4 Å². The number of benzene rings is 2. The highest BCUT2D eigenvalue weighted by Gasteiger charge is 2.26. The largest absolute Gasteiger partial charge is 0.497 e. The first-order chi connectivity index (χ1) is 16.9. The van der Waals surface area contributed by atoms with E-state index in [1.165, 1.54) is 0 Å². The predicted molar refractivity (Wildman–Crippen MR) is 127 cm³/mol. The summed E-state index contributed by atoms with van der Waals surface area (Å²) in [7, 11) is 1.60. The normalized spacial score (nSPS) is 21.5. The number of likely N-dealkylation sites (tertiary alicyclic amines) is 1. The summed E-state index contributed by atoms with van der Waals surface area (Å²) >= 11 is 0. The van der Waals surface area contributed by atoms with Crippen molar-refractivity contribution >= 4 is 5.91 Å². The lowest BCUT2D eigenvalue weighted by Gasteiger charge is -2.34. The van der Waals surface area contributed by atoms with E-state index in [0.717, 1.165) is 57.5 Å². The van der Waals surface area contributed by atoms with Gasteiger partial charge in [-0.15, -0.1) is 0 Å². The molecule has 8 heteroatoms. The van der Waals surface area contributed by atoms with Crippen LogP contribution in [-0.4, -0.2) is 49.7 Å². The van der Waals surface area contributed by atoms with Gasteiger partial charge in [0.1, 0.15) is 17.7 Å². The van der Waals surface area contributed by atoms with Crippen LogP contribution < -0.4 is 14.8 Å². The van der Waals surface area contributed by atoms with Gasteiger partial charge in [-0.1, -0.05) is 0 Å². The van der Waals surface area contributed by atoms with Gasteiger partial charge < -0.3 is 19.7 Å². The van der Waals surface area contributed by atoms with Crippen LogP contribution in [0.1, 0.15) is 55.3 Å². The van der Waals surface area contributed by atoms with Crippen molar-refractivity contribution in [2.45, 2.75) is 57.1 Å². The molecule has 1 heterocycles. The zero-order valence-electron chi connectivity index (χ0n) is 20.1. The van der Waals surface area contributed by atoms with Crippen molar-refractivity contribution in [3.05, 3.63) is 59.4 Å². The van der Waals surface area contributed by atoms with Gasteiger partial charge in [-0.3, -0.25) is 4.79 Å². The van der Waals surface area contributed by atoms with E-state index in [9.17, 15) is 18.0 Å². The summed E-state index contributed by atoms with van der Waals surface area (Å²) < 4.78 is 51.4. The van der Waals surface area contributed by atoms with Crippen LogP contribution in [0, 0.1) is 23.4 Å². The highest BCUT2D eigenvalue weighted by atomic mass is 19.1. The number of hydrogen-bond acceptors (Lipinski definition) is 4. The minimum absolute atomic E-state index is 0.0402. The van der Waals surface area contributed by atoms with E-state index in [0.29, 0.717) is 36.5 Å². The molecular formula is C27H33F3N2O3. The Labute approximate surface area is 204 Å². The molecule has 1 aliphatic carbocycles. The van der Waals surface area contributed by atoms with Crippen LogP contribution in [0.5, 0.6) is 11.5 Å². The summed E-state index contributed by atoms with van der Waals surface area (Å²) in [6.07, 6.45) is 6.35. The third-order valence-corrected chi connectivity index (χ3v) is 7.17. The summed E-state index contributed by atoms with van der Waals surface area (Å²) in [4.78, 5) is 14.9. The molecule has 1 saturated heterocycles. The van der Waals surface area contributed by atoms with Crippen LogP contribution in [0.4, 0.5) is 13.2 Å². The van der Waals surface area contributed by atoms with E-state index < -0.39 is 23.2 Å². The molecule has 2 aromatic carbocycles. The molecule has 1 aliphatic heterocycles. The monoisotopic (exact) mass is 490 g/mol. The van der Waals surface area contributed by atoms with E-state index in [4.69, 9.17) is 9.47 Å². The number of amides is 1. The zero-order valence-corrected chi connectivity index (χ0v) is 20.1. The van der Waals surface area contributed by atoms with Gasteiger partial charge in [-0.25, -0.2) is 13.2 Å². The van der Waals surface area contributed by atoms with Gasteiger partial charge >= 0.3 is 0 Å². The number of nitrogens with one attached hydrogen (secondary N) is 1. The molecule has 190 valence electrons. The fraction of sp³-hybridized carbons (Fsp3) is 0.519. The number of piperidine rings is 1. The minimum atomic E-state index is -0.999. The molecule has 2 aliphatic rings. The van der Waals surface area contributed by atoms with Crippen molar-refractivity contribution in [3.8, 4) is 11.5 Å². The lowest BCUT2D eigenvalue weighted by Crippen LogP contribution is -2.40. The van der Waals surface area contributed by atoms with E-state index >= 15 is 0 Å². The maximum atomic E-state index is 13.8. The van der Waals surface area contributed by atoms with Gasteiger partial charge in [0.25, 0.3) is 5.91 Å². The minimum Gasteiger partial charge on any atom is -0.497 e. The Hall–Kier alpha value is -2.74. The average Bonchev–Trinajstić information content (AvgIpc) is 2.86. The van der Waals surface area contributed by atoms with Crippen LogP contribution in [0.2, 0.25) is 0 Å². The summed E-state index contributed by atoms with van der Waals surface area (Å²) in [5, 5.41) is 3.16. The summed E-state index contributed by atoms with van der Waals surface area (Å²) in [6, 6.07) is 8.64. The Balaban J connectivity index is 1.13. The third-order valence-electron chi connectivity index (χ3n) is 7.17. The number of rotatable bonds is 8. The Bertz CT molecular complexity index is 963. The molecule has 0 radical (unpaired) electrons. The third kappa shape index (κ3) is 6.90. The van der Waals surface area contributed by atoms with Gasteiger partial charge in [0.05, 0.1) is 7.11 Å². The van der Waals surface area contributed by atoms with Gasteiger partial charge in [0.2, 0.25) is 0 Å². The molecule has 0 bridgehead atoms. The Kier molecular flexibility index (Phi) is 8.55. The first-order valence-electron chi connectivity index (χ1n) is 12.4. The summed E-state index contributed by atoms with van der Waals surface area (Å²) in [5.41, 5.74) is 0.644. The molecular weight excluding hydrogens is 457 g/mol. The van der Waals surface area contributed by atoms with Crippen LogP contribution in [0.15, 0.2) is 36.4 Å². The van der Waals surface area contributed by atoms with E-state index in [1.807, 2.05) is 0 Å². The fourth-order valence-electron chi connectivity index (χ4n) is 5.03. The maximum absolute atomic E-state index is 13.8. The van der Waals surface area contributed by atoms with Crippen LogP contribution >= 0.6 is 0 Å². The molecule has 1 N–H and O–H groups in total. The van der Waals surface area contributed by atoms with Crippen molar-refractivity contribution in [2.75, 3.05) is 26.7 Å². The van der Waals surface area contributed by atoms with E-state index in [-0.39, 0.29) is 18.1 Å². The van der Waals surface area contributed by atoms with Gasteiger partial charge in [0.15, 0.2) is 17.4 Å². The van der Waals surface area contributed by atoms with Crippen LogP contribution in [0.3, 0.4) is 0 Å². The molecule has 0 atom stereocenters. The molecule has 35 heavy (non-hydrogen) atoms. The van der Waals surface area contributed by atoms with Crippen molar-refractivity contribution in [1.82, 2.24) is 10.2 Å². The molecule has 0 unspecified atom stereocenters. The number of ether oxygens (including phenoxy) is 2. The summed E-state index contributed by atoms with van der Waals surface area (Å²) in [5.74, 6) is -2.10. The molecule has 1 saturated carbocycles. The highest BCUT2D eigenvalue weighted by molar-refractivity contribution is 5.94. The second-order valence-electron chi connectivity index (χ2n) is 9.57. The van der Waals surface area contributed by atoms with E-state index in [2.05, 4.69) is 10.2 Å². The number of nitrogens with zero attached hydrogens (tertiary/aromatic N) is 1. The fourth-order valence-corrected chi connectivity index (χ4v) is 5.03. The quantitative estimate of drug-likeness (QED) is 0.543. The van der Waals surface area contributed by atoms with Crippen LogP contribution in [-0.2, 0) is 0 Å². The summed E-state index contributed by atoms with van der Waals surface area (Å²) in [6.45, 7) is 2.60. The van der Waals surface area contributed by atoms with Crippen molar-refractivity contribution in [1.29, 1.82) is 0 Å². The number of carbonyl (C=O) groups excluding carboxylic acids is 1. The van der Waals surface area contributed by atoms with Crippen molar-refractivity contribution in [3.63, 3.8) is 0 Å². The maximum Gasteiger partial charge on any atom is 0.251 e. The van der Waals surface area contributed by atoms with Gasteiger partial charge in [-0.05, 0) is 81.7 Å². The second kappa shape index (κ2) is 11.8. The zero-order chi connectivity index (χ0) is 24.8. The first kappa shape index (κ1) is 25.4. The number of hydrogen-bond donors (Lipinski definition) is 1. The molecule has 5 nitrogen and oxygen atoms in total. The smallest absolute Gasteiger partial charge is 0.251 e. The second-order valence-corrected chi connectivity index (χ2v) is 9.57. The lowest BCUT2D eigenvalue weighted by molar-refractivity contribution is 0.0866.